The highest BCUT2D eigenvalue weighted by atomic mass is 35.5. The van der Waals surface area contributed by atoms with Crippen LogP contribution < -0.4 is 15.2 Å². The summed E-state index contributed by atoms with van der Waals surface area (Å²) in [7, 11) is 0. The Hall–Kier alpha value is -1.37. The van der Waals surface area contributed by atoms with Gasteiger partial charge in [-0.05, 0) is 17.5 Å². The third-order valence-electron chi connectivity index (χ3n) is 2.64. The standard InChI is InChI=1S/C12H9F2NO2S.ClH/c13-12(14)16-8-4-1-3-7(11(8)17-12)10(15)9-5-2-6-18-9;/h1-6,10H,15H2;1H/t10-;/m1./s1. The zero-order valence-corrected chi connectivity index (χ0v) is 11.1. The SMILES string of the molecule is Cl.N[C@@H](c1cccs1)c1cccc2c1OC(F)(F)O2. The van der Waals surface area contributed by atoms with Crippen LogP contribution in [-0.2, 0) is 0 Å². The molecule has 0 saturated carbocycles. The van der Waals surface area contributed by atoms with Gasteiger partial charge in [0.25, 0.3) is 0 Å². The van der Waals surface area contributed by atoms with E-state index in [1.54, 1.807) is 12.1 Å². The van der Waals surface area contributed by atoms with Crippen LogP contribution >= 0.6 is 23.7 Å². The van der Waals surface area contributed by atoms with Crippen LogP contribution in [0.5, 0.6) is 11.5 Å². The summed E-state index contributed by atoms with van der Waals surface area (Å²) in [6.07, 6.45) is -3.62. The van der Waals surface area contributed by atoms with Crippen molar-refractivity contribution in [3.05, 3.63) is 46.2 Å². The number of ether oxygens (including phenoxy) is 2. The fourth-order valence-electron chi connectivity index (χ4n) is 1.86. The van der Waals surface area contributed by atoms with Crippen molar-refractivity contribution in [3.8, 4) is 11.5 Å². The molecule has 0 amide bonds. The monoisotopic (exact) mass is 305 g/mol. The lowest BCUT2D eigenvalue weighted by molar-refractivity contribution is -0.286. The Bertz CT molecular complexity index is 577. The first-order chi connectivity index (χ1) is 8.57. The number of benzene rings is 1. The first kappa shape index (κ1) is 14.0. The van der Waals surface area contributed by atoms with E-state index in [0.717, 1.165) is 4.88 Å². The molecule has 0 spiro atoms. The number of rotatable bonds is 2. The highest BCUT2D eigenvalue weighted by Crippen LogP contribution is 2.45. The maximum Gasteiger partial charge on any atom is 0.586 e. The molecule has 3 rings (SSSR count). The van der Waals surface area contributed by atoms with Gasteiger partial charge >= 0.3 is 6.29 Å². The van der Waals surface area contributed by atoms with Crippen LogP contribution in [0.25, 0.3) is 0 Å². The van der Waals surface area contributed by atoms with Gasteiger partial charge in [-0.1, -0.05) is 18.2 Å². The molecule has 1 atom stereocenters. The van der Waals surface area contributed by atoms with Crippen LogP contribution in [0.1, 0.15) is 16.5 Å². The van der Waals surface area contributed by atoms with Crippen molar-refractivity contribution < 1.29 is 18.3 Å². The molecule has 0 aliphatic carbocycles. The van der Waals surface area contributed by atoms with E-state index in [1.165, 1.54) is 17.4 Å². The van der Waals surface area contributed by atoms with Gasteiger partial charge in [0.15, 0.2) is 11.5 Å². The Morgan fingerprint density at radius 2 is 1.95 bits per heavy atom. The van der Waals surface area contributed by atoms with Gasteiger partial charge in [-0.15, -0.1) is 32.5 Å². The topological polar surface area (TPSA) is 44.5 Å². The zero-order valence-electron chi connectivity index (χ0n) is 9.51. The molecule has 102 valence electrons. The van der Waals surface area contributed by atoms with E-state index in [2.05, 4.69) is 9.47 Å². The number of para-hydroxylation sites is 1. The summed E-state index contributed by atoms with van der Waals surface area (Å²) in [4.78, 5) is 0.877. The molecule has 1 aliphatic heterocycles. The molecule has 1 aromatic heterocycles. The summed E-state index contributed by atoms with van der Waals surface area (Å²) in [5.41, 5.74) is 6.55. The highest BCUT2D eigenvalue weighted by molar-refractivity contribution is 7.10. The lowest BCUT2D eigenvalue weighted by atomic mass is 10.0. The quantitative estimate of drug-likeness (QED) is 0.923. The molecular formula is C12H10ClF2NO2S. The van der Waals surface area contributed by atoms with Crippen molar-refractivity contribution in [1.29, 1.82) is 0 Å². The van der Waals surface area contributed by atoms with Crippen LogP contribution in [0.3, 0.4) is 0 Å². The summed E-state index contributed by atoms with van der Waals surface area (Å²) < 4.78 is 35.0. The van der Waals surface area contributed by atoms with E-state index < -0.39 is 12.3 Å². The summed E-state index contributed by atoms with van der Waals surface area (Å²) in [5, 5.41) is 1.88. The third kappa shape index (κ3) is 2.51. The fourth-order valence-corrected chi connectivity index (χ4v) is 2.60. The van der Waals surface area contributed by atoms with Crippen LogP contribution in [0.15, 0.2) is 35.7 Å². The van der Waals surface area contributed by atoms with Crippen molar-refractivity contribution in [1.82, 2.24) is 0 Å². The van der Waals surface area contributed by atoms with Crippen molar-refractivity contribution in [3.63, 3.8) is 0 Å². The minimum atomic E-state index is -3.62. The Balaban J connectivity index is 0.00000133. The molecule has 0 radical (unpaired) electrons. The Kier molecular flexibility index (Phi) is 3.66. The Morgan fingerprint density at radius 3 is 2.63 bits per heavy atom. The largest absolute Gasteiger partial charge is 0.586 e. The van der Waals surface area contributed by atoms with Crippen LogP contribution in [-0.4, -0.2) is 6.29 Å². The average molecular weight is 306 g/mol. The number of thiophene rings is 1. The maximum atomic E-state index is 13.0. The Labute approximate surface area is 118 Å². The molecule has 2 aromatic rings. The first-order valence-electron chi connectivity index (χ1n) is 5.24. The molecule has 1 aliphatic rings. The van der Waals surface area contributed by atoms with Gasteiger partial charge in [0.2, 0.25) is 0 Å². The van der Waals surface area contributed by atoms with E-state index in [9.17, 15) is 8.78 Å². The van der Waals surface area contributed by atoms with Gasteiger partial charge < -0.3 is 15.2 Å². The van der Waals surface area contributed by atoms with Crippen LogP contribution in [0, 0.1) is 0 Å². The van der Waals surface area contributed by atoms with Crippen LogP contribution in [0.4, 0.5) is 8.78 Å². The molecule has 19 heavy (non-hydrogen) atoms. The summed E-state index contributed by atoms with van der Waals surface area (Å²) in [6.45, 7) is 0. The average Bonchev–Trinajstić information content (AvgIpc) is 2.91. The number of hydrogen-bond acceptors (Lipinski definition) is 4. The molecule has 0 unspecified atom stereocenters. The lowest BCUT2D eigenvalue weighted by Crippen LogP contribution is -2.26. The minimum Gasteiger partial charge on any atom is -0.395 e. The molecular weight excluding hydrogens is 296 g/mol. The number of halogens is 3. The van der Waals surface area contributed by atoms with E-state index in [-0.39, 0.29) is 23.9 Å². The number of alkyl halides is 2. The second-order valence-electron chi connectivity index (χ2n) is 3.84. The van der Waals surface area contributed by atoms with Gasteiger partial charge in [-0.25, -0.2) is 0 Å². The molecule has 1 aromatic carbocycles. The van der Waals surface area contributed by atoms with Gasteiger partial charge in [0.1, 0.15) is 0 Å². The number of fused-ring (bicyclic) bond motifs is 1. The molecule has 0 fully saturated rings. The van der Waals surface area contributed by atoms with E-state index in [0.29, 0.717) is 5.56 Å². The van der Waals surface area contributed by atoms with E-state index >= 15 is 0 Å². The van der Waals surface area contributed by atoms with Crippen LogP contribution in [0.2, 0.25) is 0 Å². The number of nitrogens with two attached hydrogens (primary N) is 1. The second-order valence-corrected chi connectivity index (χ2v) is 4.81. The zero-order chi connectivity index (χ0) is 12.8. The summed E-state index contributed by atoms with van der Waals surface area (Å²) >= 11 is 1.46. The van der Waals surface area contributed by atoms with Gasteiger partial charge in [0.05, 0.1) is 6.04 Å². The normalized spacial score (nSPS) is 16.8. The minimum absolute atomic E-state index is 0. The highest BCUT2D eigenvalue weighted by Gasteiger charge is 2.45. The summed E-state index contributed by atoms with van der Waals surface area (Å²) in [5.74, 6) is 0.0351. The maximum absolute atomic E-state index is 13.0. The Morgan fingerprint density at radius 1 is 1.16 bits per heavy atom. The van der Waals surface area contributed by atoms with Crippen molar-refractivity contribution in [2.24, 2.45) is 5.73 Å². The van der Waals surface area contributed by atoms with Crippen molar-refractivity contribution in [2.45, 2.75) is 12.3 Å². The van der Waals surface area contributed by atoms with Crippen molar-refractivity contribution in [2.75, 3.05) is 0 Å². The number of hydrogen-bond donors (Lipinski definition) is 1. The molecule has 7 heteroatoms. The molecule has 0 bridgehead atoms. The molecule has 3 nitrogen and oxygen atoms in total. The first-order valence-corrected chi connectivity index (χ1v) is 6.12. The fraction of sp³-hybridized carbons (Fsp3) is 0.167. The van der Waals surface area contributed by atoms with Gasteiger partial charge in [-0.2, -0.15) is 0 Å². The molecule has 0 saturated heterocycles. The van der Waals surface area contributed by atoms with E-state index in [1.807, 2.05) is 17.5 Å². The second kappa shape index (κ2) is 4.96. The third-order valence-corrected chi connectivity index (χ3v) is 3.60. The predicted molar refractivity (Wildman–Crippen MR) is 70.2 cm³/mol. The van der Waals surface area contributed by atoms with Crippen molar-refractivity contribution >= 4 is 23.7 Å². The molecule has 2 N–H and O–H groups in total. The summed E-state index contributed by atoms with van der Waals surface area (Å²) in [6, 6.07) is 7.91. The van der Waals surface area contributed by atoms with Gasteiger partial charge in [-0.3, -0.25) is 0 Å². The predicted octanol–water partition coefficient (Wildman–Crippen LogP) is 3.54. The van der Waals surface area contributed by atoms with E-state index in [4.69, 9.17) is 5.73 Å². The smallest absolute Gasteiger partial charge is 0.395 e. The molecule has 2 heterocycles. The van der Waals surface area contributed by atoms with Gasteiger partial charge in [0, 0.05) is 10.4 Å². The lowest BCUT2D eigenvalue weighted by Gasteiger charge is -2.12.